The van der Waals surface area contributed by atoms with Crippen LogP contribution in [0.25, 0.3) is 0 Å². The minimum atomic E-state index is 0. The molecule has 2 N–H and O–H groups in total. The molecule has 1 aliphatic heterocycles. The zero-order chi connectivity index (χ0) is 17.5. The molecule has 0 radical (unpaired) electrons. The maximum absolute atomic E-state index is 6.28. The molecular weight excluding hydrogens is 514 g/mol. The highest BCUT2D eigenvalue weighted by atomic mass is 127. The minimum Gasteiger partial charge on any atom is -0.357 e. The van der Waals surface area contributed by atoms with Crippen LogP contribution in [-0.2, 0) is 6.54 Å². The van der Waals surface area contributed by atoms with Gasteiger partial charge in [0.1, 0.15) is 0 Å². The van der Waals surface area contributed by atoms with E-state index in [2.05, 4.69) is 52.2 Å². The Morgan fingerprint density at radius 1 is 1.36 bits per heavy atom. The van der Waals surface area contributed by atoms with Crippen LogP contribution in [0.3, 0.4) is 0 Å². The fourth-order valence-electron chi connectivity index (χ4n) is 2.89. The van der Waals surface area contributed by atoms with E-state index in [0.717, 1.165) is 53.5 Å². The molecule has 1 aliphatic rings. The number of guanidine groups is 1. The van der Waals surface area contributed by atoms with Crippen LogP contribution in [0.2, 0.25) is 5.02 Å². The topological polar surface area (TPSA) is 39.7 Å². The van der Waals surface area contributed by atoms with Crippen LogP contribution in [0.4, 0.5) is 0 Å². The van der Waals surface area contributed by atoms with Crippen molar-refractivity contribution in [1.29, 1.82) is 0 Å². The lowest BCUT2D eigenvalue weighted by Crippen LogP contribution is -2.49. The average Bonchev–Trinajstić information content (AvgIpc) is 2.54. The zero-order valence-corrected chi connectivity index (χ0v) is 19.9. The molecule has 25 heavy (non-hydrogen) atoms. The number of rotatable bonds is 5. The van der Waals surface area contributed by atoms with Crippen molar-refractivity contribution in [3.8, 4) is 0 Å². The number of piperidine rings is 1. The van der Waals surface area contributed by atoms with E-state index in [1.54, 1.807) is 0 Å². The lowest BCUT2D eigenvalue weighted by molar-refractivity contribution is 0.167. The molecule has 0 amide bonds. The van der Waals surface area contributed by atoms with Crippen LogP contribution in [0, 0.1) is 0 Å². The molecule has 0 bridgehead atoms. The van der Waals surface area contributed by atoms with E-state index in [-0.39, 0.29) is 24.0 Å². The Kier molecular flexibility index (Phi) is 10.7. The van der Waals surface area contributed by atoms with Crippen molar-refractivity contribution in [1.82, 2.24) is 15.5 Å². The van der Waals surface area contributed by atoms with E-state index in [4.69, 9.17) is 16.6 Å². The van der Waals surface area contributed by atoms with E-state index in [9.17, 15) is 0 Å². The van der Waals surface area contributed by atoms with Gasteiger partial charge in [0.15, 0.2) is 5.96 Å². The number of nitrogens with one attached hydrogen (secondary N) is 2. The van der Waals surface area contributed by atoms with E-state index in [1.807, 2.05) is 18.2 Å². The third-order valence-electron chi connectivity index (χ3n) is 4.37. The Labute approximate surface area is 182 Å². The summed E-state index contributed by atoms with van der Waals surface area (Å²) in [7, 11) is 0. The summed E-state index contributed by atoms with van der Waals surface area (Å²) >= 11 is 9.71. The van der Waals surface area contributed by atoms with E-state index in [1.165, 1.54) is 0 Å². The van der Waals surface area contributed by atoms with Crippen molar-refractivity contribution < 1.29 is 0 Å². The summed E-state index contributed by atoms with van der Waals surface area (Å²) in [6.45, 7) is 10.3. The van der Waals surface area contributed by atoms with Gasteiger partial charge in [0.25, 0.3) is 0 Å². The van der Waals surface area contributed by atoms with Crippen LogP contribution in [0.5, 0.6) is 0 Å². The van der Waals surface area contributed by atoms with Gasteiger partial charge < -0.3 is 15.5 Å². The van der Waals surface area contributed by atoms with Gasteiger partial charge in [0, 0.05) is 41.2 Å². The molecule has 1 aromatic carbocycles. The number of nitrogens with zero attached hydrogens (tertiary/aromatic N) is 2. The summed E-state index contributed by atoms with van der Waals surface area (Å²) in [6.07, 6.45) is 2.31. The van der Waals surface area contributed by atoms with E-state index >= 15 is 0 Å². The largest absolute Gasteiger partial charge is 0.357 e. The Morgan fingerprint density at radius 2 is 2.04 bits per heavy atom. The van der Waals surface area contributed by atoms with Gasteiger partial charge in [0.2, 0.25) is 0 Å². The summed E-state index contributed by atoms with van der Waals surface area (Å²) in [5.41, 5.74) is 1.03. The minimum absolute atomic E-state index is 0. The van der Waals surface area contributed by atoms with Crippen molar-refractivity contribution >= 4 is 57.5 Å². The normalized spacial score (nSPS) is 16.6. The Balaban J connectivity index is 0.00000312. The molecule has 0 aliphatic carbocycles. The summed E-state index contributed by atoms with van der Waals surface area (Å²) < 4.78 is 0.988. The van der Waals surface area contributed by atoms with Crippen molar-refractivity contribution in [2.24, 2.45) is 4.99 Å². The van der Waals surface area contributed by atoms with Gasteiger partial charge in [-0.3, -0.25) is 0 Å². The first kappa shape index (κ1) is 23.0. The molecule has 0 spiro atoms. The van der Waals surface area contributed by atoms with Crippen LogP contribution < -0.4 is 10.6 Å². The molecule has 1 saturated heterocycles. The third-order valence-corrected chi connectivity index (χ3v) is 5.21. The summed E-state index contributed by atoms with van der Waals surface area (Å²) in [5, 5.41) is 7.66. The lowest BCUT2D eigenvalue weighted by Gasteiger charge is -2.35. The summed E-state index contributed by atoms with van der Waals surface area (Å²) in [5.74, 6) is 0.875. The monoisotopic (exact) mass is 542 g/mol. The van der Waals surface area contributed by atoms with Gasteiger partial charge in [-0.25, -0.2) is 4.99 Å². The lowest BCUT2D eigenvalue weighted by atomic mass is 10.0. The molecule has 7 heteroatoms. The van der Waals surface area contributed by atoms with Crippen LogP contribution in [0.1, 0.15) is 39.2 Å². The van der Waals surface area contributed by atoms with Gasteiger partial charge in [-0.1, -0.05) is 33.6 Å². The van der Waals surface area contributed by atoms with Crippen molar-refractivity contribution in [2.45, 2.75) is 52.2 Å². The molecule has 1 aromatic rings. The number of hydrogen-bond acceptors (Lipinski definition) is 2. The fourth-order valence-corrected chi connectivity index (χ4v) is 3.62. The second-order valence-corrected chi connectivity index (χ2v) is 7.80. The van der Waals surface area contributed by atoms with Gasteiger partial charge in [-0.2, -0.15) is 0 Å². The standard InChI is InChI=1S/C18H28BrClN4.HI/c1-4-21-18(22-12-14-5-6-15(19)11-17(14)20)23-16-7-9-24(10-8-16)13(2)3;/h5-6,11,13,16H,4,7-10,12H2,1-3H3,(H2,21,22,23);1H. The van der Waals surface area contributed by atoms with Crippen molar-refractivity contribution in [3.05, 3.63) is 33.3 Å². The summed E-state index contributed by atoms with van der Waals surface area (Å²) in [4.78, 5) is 7.24. The van der Waals surface area contributed by atoms with Gasteiger partial charge >= 0.3 is 0 Å². The second-order valence-electron chi connectivity index (χ2n) is 6.48. The number of benzene rings is 1. The van der Waals surface area contributed by atoms with Crippen LogP contribution in [0.15, 0.2) is 27.7 Å². The number of likely N-dealkylation sites (tertiary alicyclic amines) is 1. The SMILES string of the molecule is CCNC(=NCc1ccc(Br)cc1Cl)NC1CCN(C(C)C)CC1.I. The highest BCUT2D eigenvalue weighted by Crippen LogP contribution is 2.22. The van der Waals surface area contributed by atoms with Crippen LogP contribution >= 0.6 is 51.5 Å². The molecular formula is C18H29BrClIN4. The van der Waals surface area contributed by atoms with E-state index in [0.29, 0.717) is 18.6 Å². The smallest absolute Gasteiger partial charge is 0.191 e. The first-order chi connectivity index (χ1) is 11.5. The molecule has 4 nitrogen and oxygen atoms in total. The fraction of sp³-hybridized carbons (Fsp3) is 0.611. The Bertz CT molecular complexity index is 560. The summed E-state index contributed by atoms with van der Waals surface area (Å²) in [6, 6.07) is 7.04. The predicted octanol–water partition coefficient (Wildman–Crippen LogP) is 4.65. The molecule has 0 atom stereocenters. The van der Waals surface area contributed by atoms with Crippen molar-refractivity contribution in [3.63, 3.8) is 0 Å². The average molecular weight is 544 g/mol. The predicted molar refractivity (Wildman–Crippen MR) is 122 cm³/mol. The van der Waals surface area contributed by atoms with Gasteiger partial charge in [0.05, 0.1) is 6.54 Å². The maximum Gasteiger partial charge on any atom is 0.191 e. The number of aliphatic imine (C=N–C) groups is 1. The van der Waals surface area contributed by atoms with Crippen molar-refractivity contribution in [2.75, 3.05) is 19.6 Å². The zero-order valence-electron chi connectivity index (χ0n) is 15.2. The molecule has 2 rings (SSSR count). The van der Waals surface area contributed by atoms with Crippen LogP contribution in [-0.4, -0.2) is 42.6 Å². The second kappa shape index (κ2) is 11.6. The third kappa shape index (κ3) is 7.61. The Hall–Kier alpha value is -0.0500. The highest BCUT2D eigenvalue weighted by molar-refractivity contribution is 14.0. The molecule has 0 aromatic heterocycles. The first-order valence-corrected chi connectivity index (χ1v) is 9.89. The number of hydrogen-bond donors (Lipinski definition) is 2. The van der Waals surface area contributed by atoms with Gasteiger partial charge in [-0.15, -0.1) is 24.0 Å². The molecule has 1 heterocycles. The quantitative estimate of drug-likeness (QED) is 0.323. The molecule has 1 fully saturated rings. The highest BCUT2D eigenvalue weighted by Gasteiger charge is 2.21. The maximum atomic E-state index is 6.28. The molecule has 0 saturated carbocycles. The Morgan fingerprint density at radius 3 is 2.60 bits per heavy atom. The number of halogens is 3. The molecule has 142 valence electrons. The van der Waals surface area contributed by atoms with E-state index < -0.39 is 0 Å². The first-order valence-electron chi connectivity index (χ1n) is 8.72. The van der Waals surface area contributed by atoms with Gasteiger partial charge in [-0.05, 0) is 51.3 Å². The molecule has 0 unspecified atom stereocenters.